The maximum Gasteiger partial charge on any atom is 0.106 e. The Balaban J connectivity index is 1.55. The van der Waals surface area contributed by atoms with E-state index in [1.165, 1.54) is 0 Å². The van der Waals surface area contributed by atoms with E-state index < -0.39 is 18.8 Å². The number of aryl methyl sites for hydroxylation is 1. The number of aromatic nitrogens is 2. The summed E-state index contributed by atoms with van der Waals surface area (Å²) >= 11 is 0. The molecule has 3 nitrogen and oxygen atoms in total. The van der Waals surface area contributed by atoms with Crippen LogP contribution in [0.15, 0.2) is 24.3 Å². The highest BCUT2D eigenvalue weighted by molar-refractivity contribution is 5.75. The number of halogens is 2. The summed E-state index contributed by atoms with van der Waals surface area (Å²) in [5, 5.41) is 3.39. The summed E-state index contributed by atoms with van der Waals surface area (Å²) in [6, 6.07) is 8.31. The minimum absolute atomic E-state index is 0.242. The first-order valence-electron chi connectivity index (χ1n) is 7.45. The lowest BCUT2D eigenvalue weighted by atomic mass is 9.67. The third kappa shape index (κ3) is 2.67. The fourth-order valence-corrected chi connectivity index (χ4v) is 3.24. The van der Waals surface area contributed by atoms with Crippen LogP contribution in [0.4, 0.5) is 8.78 Å². The average Bonchev–Trinajstić information content (AvgIpc) is 2.78. The predicted molar refractivity (Wildman–Crippen MR) is 79.9 cm³/mol. The van der Waals surface area contributed by atoms with E-state index >= 15 is 0 Å². The molecule has 0 spiro atoms. The summed E-state index contributed by atoms with van der Waals surface area (Å²) in [5.41, 5.74) is 1.44. The highest BCUT2D eigenvalue weighted by Crippen LogP contribution is 2.41. The van der Waals surface area contributed by atoms with Gasteiger partial charge < -0.3 is 9.88 Å². The van der Waals surface area contributed by atoms with Crippen LogP contribution in [-0.4, -0.2) is 35.5 Å². The molecular formula is C16H21F2N3. The Morgan fingerprint density at radius 1 is 1.29 bits per heavy atom. The zero-order chi connectivity index (χ0) is 14.9. The third-order valence-corrected chi connectivity index (χ3v) is 4.54. The Kier molecular flexibility index (Phi) is 3.93. The molecule has 1 fully saturated rings. The molecule has 21 heavy (non-hydrogen) atoms. The van der Waals surface area contributed by atoms with Crippen molar-refractivity contribution in [3.8, 4) is 0 Å². The molecule has 2 aromatic rings. The van der Waals surface area contributed by atoms with Gasteiger partial charge in [0.15, 0.2) is 0 Å². The van der Waals surface area contributed by atoms with E-state index in [2.05, 4.69) is 20.9 Å². The molecule has 0 atom stereocenters. The molecule has 1 aliphatic rings. The van der Waals surface area contributed by atoms with Gasteiger partial charge in [-0.05, 0) is 31.9 Å². The van der Waals surface area contributed by atoms with Gasteiger partial charge in [-0.15, -0.1) is 0 Å². The average molecular weight is 293 g/mol. The van der Waals surface area contributed by atoms with Gasteiger partial charge in [0.25, 0.3) is 0 Å². The first kappa shape index (κ1) is 14.4. The molecule has 1 heterocycles. The van der Waals surface area contributed by atoms with Crippen molar-refractivity contribution in [3.63, 3.8) is 0 Å². The molecule has 114 valence electrons. The van der Waals surface area contributed by atoms with Crippen molar-refractivity contribution >= 4 is 11.0 Å². The minimum atomic E-state index is -0.699. The summed E-state index contributed by atoms with van der Waals surface area (Å²) in [5.74, 6) is 0.994. The van der Waals surface area contributed by atoms with E-state index in [1.54, 1.807) is 0 Å². The Morgan fingerprint density at radius 3 is 2.71 bits per heavy atom. The van der Waals surface area contributed by atoms with E-state index in [0.29, 0.717) is 12.8 Å². The largest absolute Gasteiger partial charge is 0.327 e. The lowest BCUT2D eigenvalue weighted by Gasteiger charge is -2.44. The molecule has 0 unspecified atom stereocenters. The lowest BCUT2D eigenvalue weighted by Crippen LogP contribution is -2.51. The molecule has 0 saturated heterocycles. The smallest absolute Gasteiger partial charge is 0.106 e. The van der Waals surface area contributed by atoms with Gasteiger partial charge in [0.1, 0.15) is 5.82 Å². The van der Waals surface area contributed by atoms with Gasteiger partial charge >= 0.3 is 0 Å². The maximum absolute atomic E-state index is 12.8. The molecular weight excluding hydrogens is 272 g/mol. The van der Waals surface area contributed by atoms with Gasteiger partial charge in [-0.25, -0.2) is 4.98 Å². The quantitative estimate of drug-likeness (QED) is 0.887. The van der Waals surface area contributed by atoms with Crippen LogP contribution >= 0.6 is 0 Å². The number of nitrogens with zero attached hydrogens (tertiary/aromatic N) is 2. The fourth-order valence-electron chi connectivity index (χ4n) is 3.24. The van der Waals surface area contributed by atoms with Gasteiger partial charge in [-0.2, -0.15) is 0 Å². The second-order valence-corrected chi connectivity index (χ2v) is 6.13. The molecule has 1 aromatic carbocycles. The number of benzene rings is 1. The van der Waals surface area contributed by atoms with E-state index in [0.717, 1.165) is 29.9 Å². The van der Waals surface area contributed by atoms with Crippen LogP contribution in [0.25, 0.3) is 11.0 Å². The minimum Gasteiger partial charge on any atom is -0.327 e. The van der Waals surface area contributed by atoms with E-state index in [1.807, 2.05) is 25.1 Å². The molecule has 1 saturated carbocycles. The van der Waals surface area contributed by atoms with Crippen molar-refractivity contribution in [2.75, 3.05) is 19.9 Å². The second-order valence-electron chi connectivity index (χ2n) is 6.13. The molecule has 0 radical (unpaired) electrons. The van der Waals surface area contributed by atoms with Crippen molar-refractivity contribution < 1.29 is 8.78 Å². The first-order valence-corrected chi connectivity index (χ1v) is 7.45. The molecule has 1 N–H and O–H groups in total. The van der Waals surface area contributed by atoms with Crippen molar-refractivity contribution in [2.24, 2.45) is 5.41 Å². The van der Waals surface area contributed by atoms with Crippen LogP contribution in [0.5, 0.6) is 0 Å². The molecule has 1 aliphatic carbocycles. The second kappa shape index (κ2) is 5.72. The molecule has 1 aromatic heterocycles. The number of nitrogens with one attached hydrogen (secondary N) is 1. The van der Waals surface area contributed by atoms with Gasteiger partial charge in [0.05, 0.1) is 24.4 Å². The standard InChI is InChI=1S/C16H21F2N3/c1-12-20-14-4-2-3-5-15(14)21(12)7-6-19-13-8-16(9-13,10-17)11-18/h2-5,13,19H,6-11H2,1H3. The number of para-hydroxylation sites is 2. The Labute approximate surface area is 123 Å². The van der Waals surface area contributed by atoms with Crippen molar-refractivity contribution in [3.05, 3.63) is 30.1 Å². The Hall–Kier alpha value is -1.49. The number of hydrogen-bond donors (Lipinski definition) is 1. The van der Waals surface area contributed by atoms with E-state index in [9.17, 15) is 8.78 Å². The van der Waals surface area contributed by atoms with Crippen LogP contribution in [0, 0.1) is 12.3 Å². The number of alkyl halides is 2. The summed E-state index contributed by atoms with van der Waals surface area (Å²) < 4.78 is 27.7. The molecule has 5 heteroatoms. The zero-order valence-corrected chi connectivity index (χ0v) is 12.3. The van der Waals surface area contributed by atoms with Crippen LogP contribution in [-0.2, 0) is 6.54 Å². The van der Waals surface area contributed by atoms with Crippen LogP contribution in [0.1, 0.15) is 18.7 Å². The van der Waals surface area contributed by atoms with Crippen molar-refractivity contribution in [1.29, 1.82) is 0 Å². The molecule has 3 rings (SSSR count). The summed E-state index contributed by atoms with van der Waals surface area (Å²) in [6.07, 6.45) is 1.20. The maximum atomic E-state index is 12.8. The van der Waals surface area contributed by atoms with Gasteiger partial charge in [-0.1, -0.05) is 12.1 Å². The van der Waals surface area contributed by atoms with Gasteiger partial charge in [0.2, 0.25) is 0 Å². The zero-order valence-electron chi connectivity index (χ0n) is 12.3. The third-order valence-electron chi connectivity index (χ3n) is 4.54. The SMILES string of the molecule is Cc1nc2ccccc2n1CCNC1CC(CF)(CF)C1. The number of hydrogen-bond acceptors (Lipinski definition) is 2. The topological polar surface area (TPSA) is 29.9 Å². The van der Waals surface area contributed by atoms with E-state index in [4.69, 9.17) is 0 Å². The predicted octanol–water partition coefficient (Wildman–Crippen LogP) is 3.02. The van der Waals surface area contributed by atoms with Gasteiger partial charge in [-0.3, -0.25) is 8.78 Å². The first-order chi connectivity index (χ1) is 10.2. The summed E-state index contributed by atoms with van der Waals surface area (Å²) in [6.45, 7) is 2.52. The summed E-state index contributed by atoms with van der Waals surface area (Å²) in [4.78, 5) is 4.53. The molecule has 0 aliphatic heterocycles. The van der Waals surface area contributed by atoms with Crippen LogP contribution < -0.4 is 5.32 Å². The molecule has 0 bridgehead atoms. The fraction of sp³-hybridized carbons (Fsp3) is 0.562. The normalized spacial score (nSPS) is 18.0. The highest BCUT2D eigenvalue weighted by atomic mass is 19.1. The Bertz CT molecular complexity index is 611. The van der Waals surface area contributed by atoms with Crippen molar-refractivity contribution in [1.82, 2.24) is 14.9 Å². The monoisotopic (exact) mass is 293 g/mol. The lowest BCUT2D eigenvalue weighted by molar-refractivity contribution is 0.0248. The van der Waals surface area contributed by atoms with Crippen LogP contribution in [0.3, 0.4) is 0 Å². The highest BCUT2D eigenvalue weighted by Gasteiger charge is 2.44. The number of rotatable bonds is 6. The number of imidazole rings is 1. The van der Waals surface area contributed by atoms with Crippen molar-refractivity contribution in [2.45, 2.75) is 32.4 Å². The number of fused-ring (bicyclic) bond motifs is 1. The van der Waals surface area contributed by atoms with E-state index in [-0.39, 0.29) is 6.04 Å². The summed E-state index contributed by atoms with van der Waals surface area (Å²) in [7, 11) is 0. The molecule has 0 amide bonds. The Morgan fingerprint density at radius 2 is 2.00 bits per heavy atom. The van der Waals surface area contributed by atoms with Gasteiger partial charge in [0, 0.05) is 24.5 Å². The van der Waals surface area contributed by atoms with Crippen LogP contribution in [0.2, 0.25) is 0 Å².